The molecule has 0 atom stereocenters. The zero-order chi connectivity index (χ0) is 12.1. The lowest BCUT2D eigenvalue weighted by Crippen LogP contribution is -2.55. The van der Waals surface area contributed by atoms with Crippen LogP contribution < -0.4 is 15.4 Å². The summed E-state index contributed by atoms with van der Waals surface area (Å²) in [6.07, 6.45) is 1.39. The van der Waals surface area contributed by atoms with Gasteiger partial charge in [-0.05, 0) is 25.2 Å². The molecule has 0 bridgehead atoms. The van der Waals surface area contributed by atoms with Crippen molar-refractivity contribution in [2.24, 2.45) is 0 Å². The first kappa shape index (κ1) is 14.8. The molecule has 1 aliphatic heterocycles. The van der Waals surface area contributed by atoms with Crippen LogP contribution in [0.2, 0.25) is 0 Å². The zero-order valence-corrected chi connectivity index (χ0v) is 11.3. The minimum atomic E-state index is -0.721. The first-order valence-electron chi connectivity index (χ1n) is 5.94. The summed E-state index contributed by atoms with van der Waals surface area (Å²) in [5, 5.41) is 5.95. The van der Waals surface area contributed by atoms with Crippen molar-refractivity contribution in [3.8, 4) is 5.75 Å². The Balaban J connectivity index is 0.00000162. The summed E-state index contributed by atoms with van der Waals surface area (Å²) in [7, 11) is 1.65. The van der Waals surface area contributed by atoms with Crippen LogP contribution in [0.1, 0.15) is 12.8 Å². The van der Waals surface area contributed by atoms with E-state index in [1.54, 1.807) is 7.05 Å². The number of amides is 1. The SMILES string of the molecule is CNC(=O)C1(Oc2ccccc2)CCNCC1.Cl. The van der Waals surface area contributed by atoms with Crippen molar-refractivity contribution in [3.63, 3.8) is 0 Å². The molecule has 18 heavy (non-hydrogen) atoms. The van der Waals surface area contributed by atoms with E-state index < -0.39 is 5.60 Å². The summed E-state index contributed by atoms with van der Waals surface area (Å²) in [6, 6.07) is 9.52. The van der Waals surface area contributed by atoms with Crippen LogP contribution in [0.25, 0.3) is 0 Å². The van der Waals surface area contributed by atoms with Crippen LogP contribution in [0.15, 0.2) is 30.3 Å². The van der Waals surface area contributed by atoms with Crippen molar-refractivity contribution in [1.29, 1.82) is 0 Å². The number of ether oxygens (including phenoxy) is 1. The van der Waals surface area contributed by atoms with Crippen LogP contribution in [0.3, 0.4) is 0 Å². The largest absolute Gasteiger partial charge is 0.477 e. The van der Waals surface area contributed by atoms with Crippen molar-refractivity contribution in [1.82, 2.24) is 10.6 Å². The fourth-order valence-corrected chi connectivity index (χ4v) is 2.15. The molecule has 1 aromatic carbocycles. The highest BCUT2D eigenvalue weighted by atomic mass is 35.5. The summed E-state index contributed by atoms with van der Waals surface area (Å²) in [6.45, 7) is 1.61. The lowest BCUT2D eigenvalue weighted by molar-refractivity contribution is -0.138. The first-order valence-corrected chi connectivity index (χ1v) is 5.94. The Bertz CT molecular complexity index is 378. The third kappa shape index (κ3) is 3.15. The van der Waals surface area contributed by atoms with Gasteiger partial charge in [0.05, 0.1) is 0 Å². The lowest BCUT2D eigenvalue weighted by atomic mass is 9.91. The van der Waals surface area contributed by atoms with E-state index in [0.29, 0.717) is 12.8 Å². The molecule has 0 radical (unpaired) electrons. The normalized spacial score (nSPS) is 17.4. The van der Waals surface area contributed by atoms with Gasteiger partial charge in [0.25, 0.3) is 5.91 Å². The number of likely N-dealkylation sites (N-methyl/N-ethyl adjacent to an activating group) is 1. The maximum absolute atomic E-state index is 12.0. The summed E-state index contributed by atoms with van der Waals surface area (Å²) in [4.78, 5) is 12.0. The van der Waals surface area contributed by atoms with Crippen molar-refractivity contribution in [2.45, 2.75) is 18.4 Å². The highest BCUT2D eigenvalue weighted by Crippen LogP contribution is 2.26. The van der Waals surface area contributed by atoms with E-state index in [1.165, 1.54) is 0 Å². The minimum Gasteiger partial charge on any atom is -0.477 e. The number of benzene rings is 1. The van der Waals surface area contributed by atoms with Gasteiger partial charge in [-0.3, -0.25) is 4.79 Å². The number of carbonyl (C=O) groups excluding carboxylic acids is 1. The number of nitrogens with one attached hydrogen (secondary N) is 2. The summed E-state index contributed by atoms with van der Waals surface area (Å²) in [5.41, 5.74) is -0.721. The molecular formula is C13H19ClN2O2. The van der Waals surface area contributed by atoms with E-state index in [1.807, 2.05) is 30.3 Å². The lowest BCUT2D eigenvalue weighted by Gasteiger charge is -2.36. The average molecular weight is 271 g/mol. The van der Waals surface area contributed by atoms with E-state index in [2.05, 4.69) is 10.6 Å². The molecule has 1 fully saturated rings. The average Bonchev–Trinajstić information content (AvgIpc) is 2.40. The molecule has 0 aliphatic carbocycles. The Kier molecular flexibility index (Phi) is 5.44. The Hall–Kier alpha value is -1.26. The van der Waals surface area contributed by atoms with Gasteiger partial charge >= 0.3 is 0 Å². The molecule has 1 saturated heterocycles. The van der Waals surface area contributed by atoms with Crippen LogP contribution in [-0.2, 0) is 4.79 Å². The van der Waals surface area contributed by atoms with Crippen LogP contribution >= 0.6 is 12.4 Å². The monoisotopic (exact) mass is 270 g/mol. The number of para-hydroxylation sites is 1. The molecule has 1 amide bonds. The van der Waals surface area contributed by atoms with Gasteiger partial charge in [-0.25, -0.2) is 0 Å². The first-order chi connectivity index (χ1) is 8.27. The van der Waals surface area contributed by atoms with Gasteiger partial charge in [-0.2, -0.15) is 0 Å². The second-order valence-electron chi connectivity index (χ2n) is 4.24. The molecule has 100 valence electrons. The van der Waals surface area contributed by atoms with Gasteiger partial charge < -0.3 is 15.4 Å². The molecular weight excluding hydrogens is 252 g/mol. The molecule has 2 rings (SSSR count). The van der Waals surface area contributed by atoms with Crippen molar-refractivity contribution < 1.29 is 9.53 Å². The second-order valence-corrected chi connectivity index (χ2v) is 4.24. The molecule has 0 saturated carbocycles. The minimum absolute atomic E-state index is 0. The number of carbonyl (C=O) groups is 1. The highest BCUT2D eigenvalue weighted by molar-refractivity contribution is 5.85. The van der Waals surface area contributed by atoms with Gasteiger partial charge in [-0.15, -0.1) is 12.4 Å². The van der Waals surface area contributed by atoms with Gasteiger partial charge in [0.1, 0.15) is 5.75 Å². The second kappa shape index (κ2) is 6.61. The zero-order valence-electron chi connectivity index (χ0n) is 10.4. The standard InChI is InChI=1S/C13H18N2O2.ClH/c1-14-12(16)13(7-9-15-10-8-13)17-11-5-3-2-4-6-11;/h2-6,15H,7-10H2,1H3,(H,14,16);1H. The van der Waals surface area contributed by atoms with E-state index in [0.717, 1.165) is 18.8 Å². The quantitative estimate of drug-likeness (QED) is 0.872. The van der Waals surface area contributed by atoms with E-state index >= 15 is 0 Å². The van der Waals surface area contributed by atoms with Crippen LogP contribution in [0.4, 0.5) is 0 Å². The van der Waals surface area contributed by atoms with E-state index in [-0.39, 0.29) is 18.3 Å². The van der Waals surface area contributed by atoms with Crippen LogP contribution in [0.5, 0.6) is 5.75 Å². The predicted molar refractivity (Wildman–Crippen MR) is 73.2 cm³/mol. The molecule has 1 heterocycles. The summed E-state index contributed by atoms with van der Waals surface area (Å²) < 4.78 is 5.94. The third-order valence-corrected chi connectivity index (χ3v) is 3.11. The molecule has 4 nitrogen and oxygen atoms in total. The molecule has 1 aliphatic rings. The van der Waals surface area contributed by atoms with Crippen molar-refractivity contribution in [2.75, 3.05) is 20.1 Å². The summed E-state index contributed by atoms with van der Waals surface area (Å²) in [5.74, 6) is 0.709. The number of hydrogen-bond donors (Lipinski definition) is 2. The highest BCUT2D eigenvalue weighted by Gasteiger charge is 2.41. The van der Waals surface area contributed by atoms with Crippen LogP contribution in [-0.4, -0.2) is 31.6 Å². The molecule has 0 aromatic heterocycles. The molecule has 2 N–H and O–H groups in total. The summed E-state index contributed by atoms with van der Waals surface area (Å²) >= 11 is 0. The molecule has 5 heteroatoms. The Morgan fingerprint density at radius 3 is 2.44 bits per heavy atom. The maximum atomic E-state index is 12.0. The fraction of sp³-hybridized carbons (Fsp3) is 0.462. The Labute approximate surface area is 114 Å². The number of rotatable bonds is 3. The number of halogens is 1. The van der Waals surface area contributed by atoms with Gasteiger partial charge in [0.15, 0.2) is 5.60 Å². The number of piperidine rings is 1. The van der Waals surface area contributed by atoms with Gasteiger partial charge in [-0.1, -0.05) is 18.2 Å². The Morgan fingerprint density at radius 1 is 1.28 bits per heavy atom. The molecule has 0 spiro atoms. The topological polar surface area (TPSA) is 50.4 Å². The smallest absolute Gasteiger partial charge is 0.264 e. The molecule has 1 aromatic rings. The maximum Gasteiger partial charge on any atom is 0.264 e. The van der Waals surface area contributed by atoms with E-state index in [9.17, 15) is 4.79 Å². The van der Waals surface area contributed by atoms with E-state index in [4.69, 9.17) is 4.74 Å². The third-order valence-electron chi connectivity index (χ3n) is 3.11. The number of hydrogen-bond acceptors (Lipinski definition) is 3. The van der Waals surface area contributed by atoms with Crippen molar-refractivity contribution >= 4 is 18.3 Å². The van der Waals surface area contributed by atoms with Crippen LogP contribution in [0, 0.1) is 0 Å². The Morgan fingerprint density at radius 2 is 1.89 bits per heavy atom. The fourth-order valence-electron chi connectivity index (χ4n) is 2.15. The van der Waals surface area contributed by atoms with Crippen molar-refractivity contribution in [3.05, 3.63) is 30.3 Å². The van der Waals surface area contributed by atoms with Gasteiger partial charge in [0.2, 0.25) is 0 Å². The molecule has 0 unspecified atom stereocenters. The van der Waals surface area contributed by atoms with Gasteiger partial charge in [0, 0.05) is 19.9 Å². The predicted octanol–water partition coefficient (Wildman–Crippen LogP) is 1.36.